The summed E-state index contributed by atoms with van der Waals surface area (Å²) in [5.74, 6) is 0. The van der Waals surface area contributed by atoms with Crippen molar-refractivity contribution >= 4 is 29.0 Å². The fraction of sp³-hybridized carbons (Fsp3) is 0.583. The maximum Gasteiger partial charge on any atom is 0.407 e. The second-order valence-corrected chi connectivity index (χ2v) is 6.38. The summed E-state index contributed by atoms with van der Waals surface area (Å²) in [5.41, 5.74) is 5.13. The Bertz CT molecular complexity index is 401. The van der Waals surface area contributed by atoms with Gasteiger partial charge >= 0.3 is 6.09 Å². The highest BCUT2D eigenvalue weighted by atomic mass is 35.5. The predicted molar refractivity (Wildman–Crippen MR) is 75.2 cm³/mol. The largest absolute Gasteiger partial charge is 0.444 e. The van der Waals surface area contributed by atoms with Crippen LogP contribution in [0.4, 0.5) is 4.79 Å². The molecule has 1 aromatic heterocycles. The molecule has 0 aliphatic heterocycles. The smallest absolute Gasteiger partial charge is 0.407 e. The van der Waals surface area contributed by atoms with Gasteiger partial charge in [-0.2, -0.15) is 0 Å². The van der Waals surface area contributed by atoms with Gasteiger partial charge < -0.3 is 15.8 Å². The van der Waals surface area contributed by atoms with Crippen molar-refractivity contribution in [2.75, 3.05) is 6.54 Å². The average Bonchev–Trinajstić information content (AvgIpc) is 2.60. The van der Waals surface area contributed by atoms with Crippen LogP contribution in [-0.2, 0) is 11.2 Å². The molecule has 6 heteroatoms. The lowest BCUT2D eigenvalue weighted by Gasteiger charge is -2.22. The van der Waals surface area contributed by atoms with Crippen molar-refractivity contribution in [3.8, 4) is 0 Å². The van der Waals surface area contributed by atoms with Gasteiger partial charge in [-0.15, -0.1) is 11.3 Å². The van der Waals surface area contributed by atoms with Crippen LogP contribution in [0.2, 0.25) is 5.02 Å². The minimum Gasteiger partial charge on any atom is -0.444 e. The summed E-state index contributed by atoms with van der Waals surface area (Å²) >= 11 is 7.56. The van der Waals surface area contributed by atoms with Crippen molar-refractivity contribution in [2.24, 2.45) is 5.73 Å². The van der Waals surface area contributed by atoms with E-state index in [2.05, 4.69) is 5.32 Å². The van der Waals surface area contributed by atoms with Crippen LogP contribution < -0.4 is 11.1 Å². The third kappa shape index (κ3) is 5.25. The molecule has 1 amide bonds. The molecule has 0 aliphatic rings. The molecule has 1 rings (SSSR count). The minimum atomic E-state index is -0.510. The highest BCUT2D eigenvalue weighted by molar-refractivity contribution is 7.10. The van der Waals surface area contributed by atoms with Gasteiger partial charge in [-0.25, -0.2) is 4.79 Å². The number of ether oxygens (including phenoxy) is 1. The zero-order valence-electron chi connectivity index (χ0n) is 10.8. The first-order valence-corrected chi connectivity index (χ1v) is 6.99. The van der Waals surface area contributed by atoms with Crippen molar-refractivity contribution in [3.63, 3.8) is 0 Å². The number of thiophene rings is 1. The normalized spacial score (nSPS) is 13.2. The summed E-state index contributed by atoms with van der Waals surface area (Å²) in [7, 11) is 0. The molecule has 0 aromatic carbocycles. The minimum absolute atomic E-state index is 0.170. The Balaban J connectivity index is 2.52. The Hall–Kier alpha value is -0.780. The first kappa shape index (κ1) is 15.3. The van der Waals surface area contributed by atoms with E-state index in [0.717, 1.165) is 4.88 Å². The zero-order chi connectivity index (χ0) is 13.8. The predicted octanol–water partition coefficient (Wildman–Crippen LogP) is 2.80. The molecule has 0 saturated carbocycles. The van der Waals surface area contributed by atoms with Gasteiger partial charge in [-0.1, -0.05) is 11.6 Å². The topological polar surface area (TPSA) is 64.3 Å². The lowest BCUT2D eigenvalue weighted by atomic mass is 10.2. The summed E-state index contributed by atoms with van der Waals surface area (Å²) in [6.45, 7) is 5.80. The summed E-state index contributed by atoms with van der Waals surface area (Å²) in [6.07, 6.45) is 0.164. The molecule has 1 aromatic rings. The van der Waals surface area contributed by atoms with Crippen LogP contribution >= 0.6 is 22.9 Å². The number of rotatable bonds is 4. The molecule has 1 unspecified atom stereocenters. The van der Waals surface area contributed by atoms with Gasteiger partial charge in [0.2, 0.25) is 0 Å². The van der Waals surface area contributed by atoms with Crippen molar-refractivity contribution in [2.45, 2.75) is 38.8 Å². The quantitative estimate of drug-likeness (QED) is 0.896. The number of carbonyl (C=O) groups excluding carboxylic acids is 1. The molecule has 1 heterocycles. The van der Waals surface area contributed by atoms with Crippen LogP contribution in [0.1, 0.15) is 25.6 Å². The lowest BCUT2D eigenvalue weighted by Crippen LogP contribution is -2.44. The Morgan fingerprint density at radius 1 is 1.61 bits per heavy atom. The van der Waals surface area contributed by atoms with Crippen molar-refractivity contribution in [1.82, 2.24) is 5.32 Å². The second-order valence-electron chi connectivity index (χ2n) is 4.97. The fourth-order valence-electron chi connectivity index (χ4n) is 1.36. The number of nitrogens with two attached hydrogens (primary N) is 1. The van der Waals surface area contributed by atoms with E-state index in [1.54, 1.807) is 11.3 Å². The van der Waals surface area contributed by atoms with Crippen LogP contribution in [0.5, 0.6) is 0 Å². The Labute approximate surface area is 116 Å². The lowest BCUT2D eigenvalue weighted by molar-refractivity contribution is 0.0506. The molecule has 102 valence electrons. The number of alkyl carbamates (subject to hydrolysis) is 1. The highest BCUT2D eigenvalue weighted by Gasteiger charge is 2.19. The maximum absolute atomic E-state index is 11.6. The average molecular weight is 291 g/mol. The van der Waals surface area contributed by atoms with E-state index in [1.807, 2.05) is 32.2 Å². The van der Waals surface area contributed by atoms with Gasteiger partial charge in [0.05, 0.1) is 5.02 Å². The van der Waals surface area contributed by atoms with Crippen LogP contribution in [0.15, 0.2) is 11.4 Å². The summed E-state index contributed by atoms with van der Waals surface area (Å²) in [5, 5.41) is 5.38. The standard InChI is InChI=1S/C12H19ClN2O2S/c1-12(2,3)17-11(16)15-8(7-14)6-10-9(13)4-5-18-10/h4-5,8H,6-7,14H2,1-3H3,(H,15,16). The molecule has 4 nitrogen and oxygen atoms in total. The molecule has 0 fully saturated rings. The number of halogens is 1. The van der Waals surface area contributed by atoms with Crippen LogP contribution in [0.25, 0.3) is 0 Å². The molecule has 0 spiro atoms. The number of carbonyl (C=O) groups is 1. The first-order valence-electron chi connectivity index (χ1n) is 5.73. The van der Waals surface area contributed by atoms with Gasteiger partial charge in [-0.05, 0) is 32.2 Å². The number of nitrogens with one attached hydrogen (secondary N) is 1. The number of hydrogen-bond acceptors (Lipinski definition) is 4. The van der Waals surface area contributed by atoms with Crippen molar-refractivity contribution in [1.29, 1.82) is 0 Å². The van der Waals surface area contributed by atoms with Gasteiger partial charge in [-0.3, -0.25) is 0 Å². The monoisotopic (exact) mass is 290 g/mol. The summed E-state index contributed by atoms with van der Waals surface area (Å²) < 4.78 is 5.18. The molecule has 0 saturated heterocycles. The Kier molecular flexibility index (Phi) is 5.44. The van der Waals surface area contributed by atoms with Gasteiger partial charge in [0.15, 0.2) is 0 Å². The third-order valence-corrected chi connectivity index (χ3v) is 3.54. The molecule has 0 aliphatic carbocycles. The van der Waals surface area contributed by atoms with Crippen molar-refractivity contribution in [3.05, 3.63) is 21.3 Å². The number of amides is 1. The van der Waals surface area contributed by atoms with Crippen LogP contribution in [0.3, 0.4) is 0 Å². The van der Waals surface area contributed by atoms with E-state index in [4.69, 9.17) is 22.1 Å². The first-order chi connectivity index (χ1) is 8.31. The van der Waals surface area contributed by atoms with E-state index >= 15 is 0 Å². The van der Waals surface area contributed by atoms with E-state index in [1.165, 1.54) is 0 Å². The Morgan fingerprint density at radius 2 is 2.28 bits per heavy atom. The van der Waals surface area contributed by atoms with Gasteiger partial charge in [0.25, 0.3) is 0 Å². The third-order valence-electron chi connectivity index (χ3n) is 2.13. The SMILES string of the molecule is CC(C)(C)OC(=O)NC(CN)Cc1sccc1Cl. The van der Waals surface area contributed by atoms with Crippen molar-refractivity contribution < 1.29 is 9.53 Å². The molecule has 3 N–H and O–H groups in total. The van der Waals surface area contributed by atoms with Gasteiger partial charge in [0.1, 0.15) is 5.60 Å². The Morgan fingerprint density at radius 3 is 2.72 bits per heavy atom. The maximum atomic E-state index is 11.6. The van der Waals surface area contributed by atoms with E-state index in [-0.39, 0.29) is 6.04 Å². The van der Waals surface area contributed by atoms with E-state index in [9.17, 15) is 4.79 Å². The molecule has 0 radical (unpaired) electrons. The summed E-state index contributed by atoms with van der Waals surface area (Å²) in [4.78, 5) is 12.6. The number of hydrogen-bond donors (Lipinski definition) is 2. The van der Waals surface area contributed by atoms with Crippen LogP contribution in [-0.4, -0.2) is 24.3 Å². The molecule has 18 heavy (non-hydrogen) atoms. The fourth-order valence-corrected chi connectivity index (χ4v) is 2.56. The summed E-state index contributed by atoms with van der Waals surface area (Å²) in [6, 6.07) is 1.67. The van der Waals surface area contributed by atoms with Crippen LogP contribution in [0, 0.1) is 0 Å². The molecular formula is C12H19ClN2O2S. The van der Waals surface area contributed by atoms with Gasteiger partial charge in [0, 0.05) is 23.9 Å². The molecule has 0 bridgehead atoms. The van der Waals surface area contributed by atoms with E-state index in [0.29, 0.717) is 18.0 Å². The zero-order valence-corrected chi connectivity index (χ0v) is 12.4. The molecular weight excluding hydrogens is 272 g/mol. The molecule has 1 atom stereocenters. The highest BCUT2D eigenvalue weighted by Crippen LogP contribution is 2.23. The van der Waals surface area contributed by atoms with E-state index < -0.39 is 11.7 Å². The second kappa shape index (κ2) is 6.41.